The number of aliphatic hydroxyl groups excluding tert-OH is 1. The van der Waals surface area contributed by atoms with Crippen LogP contribution >= 0.6 is 0 Å². The minimum atomic E-state index is -0.303. The highest BCUT2D eigenvalue weighted by Gasteiger charge is 2.67. The zero-order chi connectivity index (χ0) is 20.9. The summed E-state index contributed by atoms with van der Waals surface area (Å²) in [5, 5.41) is 10.3. The lowest BCUT2D eigenvalue weighted by Crippen LogP contribution is -2.50. The van der Waals surface area contributed by atoms with Crippen LogP contribution < -0.4 is 0 Å². The van der Waals surface area contributed by atoms with E-state index in [0.29, 0.717) is 40.6 Å². The molecular weight excluding hydrogens is 372 g/mol. The summed E-state index contributed by atoms with van der Waals surface area (Å²) in [6, 6.07) is 0. The van der Waals surface area contributed by atoms with Gasteiger partial charge in [-0.05, 0) is 91.8 Å². The first-order valence-electron chi connectivity index (χ1n) is 13.0. The maximum absolute atomic E-state index is 10.3. The predicted octanol–water partition coefficient (Wildman–Crippen LogP) is 5.71. The summed E-state index contributed by atoms with van der Waals surface area (Å²) >= 11 is 0. The number of ether oxygens (including phenoxy) is 2. The van der Waals surface area contributed by atoms with Crippen molar-refractivity contribution in [2.24, 2.45) is 46.3 Å². The quantitative estimate of drug-likeness (QED) is 0.516. The van der Waals surface area contributed by atoms with Gasteiger partial charge in [0.05, 0.1) is 18.8 Å². The highest BCUT2D eigenvalue weighted by atomic mass is 16.7. The minimum absolute atomic E-state index is 0.0661. The van der Waals surface area contributed by atoms with Gasteiger partial charge in [0.1, 0.15) is 0 Å². The summed E-state index contributed by atoms with van der Waals surface area (Å²) in [5.74, 6) is 3.68. The van der Waals surface area contributed by atoms with E-state index < -0.39 is 0 Å². The Morgan fingerprint density at radius 1 is 1.03 bits per heavy atom. The molecule has 1 N–H and O–H groups in total. The molecule has 0 bridgehead atoms. The third-order valence-electron chi connectivity index (χ3n) is 11.3. The van der Waals surface area contributed by atoms with Crippen LogP contribution in [-0.2, 0) is 9.47 Å². The minimum Gasteiger partial charge on any atom is -0.393 e. The first-order valence-corrected chi connectivity index (χ1v) is 13.0. The Bertz CT molecular complexity index is 736. The largest absolute Gasteiger partial charge is 0.393 e. The van der Waals surface area contributed by atoms with Crippen LogP contribution in [0.3, 0.4) is 0 Å². The molecule has 6 aliphatic rings. The van der Waals surface area contributed by atoms with Crippen LogP contribution in [0, 0.1) is 46.3 Å². The molecule has 5 fully saturated rings. The van der Waals surface area contributed by atoms with Crippen LogP contribution in [0.15, 0.2) is 11.6 Å². The van der Waals surface area contributed by atoms with E-state index in [1.54, 1.807) is 5.57 Å². The number of hydrogen-bond acceptors (Lipinski definition) is 3. The normalized spacial score (nSPS) is 59.8. The lowest BCUT2D eigenvalue weighted by molar-refractivity contribution is -0.272. The van der Waals surface area contributed by atoms with Gasteiger partial charge in [-0.2, -0.15) is 0 Å². The Hall–Kier alpha value is -0.380. The third-order valence-corrected chi connectivity index (χ3v) is 11.3. The van der Waals surface area contributed by atoms with Crippen molar-refractivity contribution in [1.82, 2.24) is 0 Å². The fourth-order valence-corrected chi connectivity index (χ4v) is 9.52. The molecule has 3 saturated carbocycles. The number of allylic oxidation sites excluding steroid dienone is 2. The zero-order valence-electron chi connectivity index (χ0n) is 19.5. The van der Waals surface area contributed by atoms with Gasteiger partial charge >= 0.3 is 0 Å². The molecule has 30 heavy (non-hydrogen) atoms. The van der Waals surface area contributed by atoms with Crippen LogP contribution in [0.25, 0.3) is 0 Å². The summed E-state index contributed by atoms with van der Waals surface area (Å²) in [5.41, 5.74) is 2.46. The maximum atomic E-state index is 10.3. The lowest BCUT2D eigenvalue weighted by atomic mass is 9.48. The van der Waals surface area contributed by atoms with E-state index in [4.69, 9.17) is 9.47 Å². The van der Waals surface area contributed by atoms with E-state index in [9.17, 15) is 5.11 Å². The highest BCUT2D eigenvalue weighted by Crippen LogP contribution is 2.69. The molecule has 11 atom stereocenters. The summed E-state index contributed by atoms with van der Waals surface area (Å²) in [7, 11) is 0. The van der Waals surface area contributed by atoms with E-state index >= 15 is 0 Å². The van der Waals surface area contributed by atoms with E-state index in [2.05, 4.69) is 33.8 Å². The summed E-state index contributed by atoms with van der Waals surface area (Å²) in [4.78, 5) is 0. The topological polar surface area (TPSA) is 38.7 Å². The van der Waals surface area contributed by atoms with Gasteiger partial charge in [-0.3, -0.25) is 0 Å². The molecule has 1 spiro atoms. The lowest BCUT2D eigenvalue weighted by Gasteiger charge is -2.57. The average molecular weight is 415 g/mol. The predicted molar refractivity (Wildman–Crippen MR) is 118 cm³/mol. The van der Waals surface area contributed by atoms with Crippen molar-refractivity contribution in [1.29, 1.82) is 0 Å². The molecule has 7 unspecified atom stereocenters. The molecule has 2 saturated heterocycles. The highest BCUT2D eigenvalue weighted by molar-refractivity contribution is 5.30. The second-order valence-corrected chi connectivity index (χ2v) is 12.7. The Kier molecular flexibility index (Phi) is 4.44. The number of fused-ring (bicyclic) bond motifs is 7. The first kappa shape index (κ1) is 20.2. The average Bonchev–Trinajstić information content (AvgIpc) is 3.16. The Labute approximate surface area is 183 Å². The molecule has 0 aromatic carbocycles. The fraction of sp³-hybridized carbons (Fsp3) is 0.926. The fourth-order valence-electron chi connectivity index (χ4n) is 9.52. The molecule has 0 radical (unpaired) electrons. The van der Waals surface area contributed by atoms with Crippen molar-refractivity contribution in [2.45, 2.75) is 103 Å². The smallest absolute Gasteiger partial charge is 0.171 e. The van der Waals surface area contributed by atoms with Gasteiger partial charge < -0.3 is 14.6 Å². The molecule has 3 heteroatoms. The van der Waals surface area contributed by atoms with Gasteiger partial charge in [0.2, 0.25) is 0 Å². The van der Waals surface area contributed by atoms with E-state index in [1.807, 2.05) is 0 Å². The Morgan fingerprint density at radius 2 is 1.87 bits per heavy atom. The van der Waals surface area contributed by atoms with Gasteiger partial charge in [-0.1, -0.05) is 39.3 Å². The second kappa shape index (κ2) is 6.58. The van der Waals surface area contributed by atoms with Gasteiger partial charge in [0.15, 0.2) is 5.79 Å². The van der Waals surface area contributed by atoms with Crippen molar-refractivity contribution in [3.63, 3.8) is 0 Å². The molecular formula is C27H42O3. The molecule has 0 aromatic rings. The SMILES string of the molecule is CC1CCC2(OC1)OC1CC3C4CC[C@H]5C[C@H](O)CC[C@]5(C)C4=CC[C@]3(C)C1C2C. The van der Waals surface area contributed by atoms with Crippen molar-refractivity contribution in [3.8, 4) is 0 Å². The Balaban J connectivity index is 1.30. The van der Waals surface area contributed by atoms with Crippen LogP contribution in [0.5, 0.6) is 0 Å². The first-order chi connectivity index (χ1) is 14.3. The van der Waals surface area contributed by atoms with E-state index in [0.717, 1.165) is 37.7 Å². The van der Waals surface area contributed by atoms with Gasteiger partial charge in [0.25, 0.3) is 0 Å². The summed E-state index contributed by atoms with van der Waals surface area (Å²) in [6.07, 6.45) is 13.6. The molecule has 6 rings (SSSR count). The molecule has 3 nitrogen and oxygen atoms in total. The van der Waals surface area contributed by atoms with Crippen molar-refractivity contribution >= 4 is 0 Å². The maximum Gasteiger partial charge on any atom is 0.171 e. The number of hydrogen-bond donors (Lipinski definition) is 1. The molecule has 168 valence electrons. The standard InChI is InChI=1S/C27H42O3/c1-16-7-12-27(29-15-16)17(2)24-23(30-27)14-22-20-6-5-18-13-19(28)8-10-25(18,3)21(20)9-11-26(22,24)4/h9,16-20,22-24,28H,5-8,10-15H2,1-4H3/t16?,17?,18-,19+,20?,22?,23?,24?,25-,26-,27?/m0/s1. The molecule has 4 aliphatic carbocycles. The molecule has 0 amide bonds. The van der Waals surface area contributed by atoms with Gasteiger partial charge in [0, 0.05) is 12.3 Å². The van der Waals surface area contributed by atoms with Crippen molar-refractivity contribution < 1.29 is 14.6 Å². The zero-order valence-corrected chi connectivity index (χ0v) is 19.5. The summed E-state index contributed by atoms with van der Waals surface area (Å²) < 4.78 is 13.3. The van der Waals surface area contributed by atoms with Crippen LogP contribution in [0.4, 0.5) is 0 Å². The monoisotopic (exact) mass is 414 g/mol. The van der Waals surface area contributed by atoms with Crippen LogP contribution in [-0.4, -0.2) is 29.7 Å². The third kappa shape index (κ3) is 2.55. The van der Waals surface area contributed by atoms with Crippen molar-refractivity contribution in [2.75, 3.05) is 6.61 Å². The van der Waals surface area contributed by atoms with Crippen molar-refractivity contribution in [3.05, 3.63) is 11.6 Å². The Morgan fingerprint density at radius 3 is 2.63 bits per heavy atom. The van der Waals surface area contributed by atoms with Gasteiger partial charge in [-0.15, -0.1) is 0 Å². The molecule has 2 heterocycles. The molecule has 2 aliphatic heterocycles. The van der Waals surface area contributed by atoms with E-state index in [-0.39, 0.29) is 11.9 Å². The van der Waals surface area contributed by atoms with Gasteiger partial charge in [-0.25, -0.2) is 0 Å². The number of aliphatic hydroxyl groups is 1. The second-order valence-electron chi connectivity index (χ2n) is 12.7. The van der Waals surface area contributed by atoms with Crippen LogP contribution in [0.1, 0.15) is 85.5 Å². The summed E-state index contributed by atoms with van der Waals surface area (Å²) in [6.45, 7) is 10.7. The molecule has 0 aromatic heterocycles. The van der Waals surface area contributed by atoms with E-state index in [1.165, 1.54) is 38.5 Å². The van der Waals surface area contributed by atoms with Crippen LogP contribution in [0.2, 0.25) is 0 Å². The number of rotatable bonds is 0.